The van der Waals surface area contributed by atoms with E-state index in [4.69, 9.17) is 35.3 Å². The van der Waals surface area contributed by atoms with Crippen LogP contribution in [0.5, 0.6) is 17.2 Å². The molecule has 0 unspecified atom stereocenters. The highest BCUT2D eigenvalue weighted by molar-refractivity contribution is 6.33. The van der Waals surface area contributed by atoms with E-state index < -0.39 is 17.9 Å². The van der Waals surface area contributed by atoms with Crippen molar-refractivity contribution >= 4 is 41.4 Å². The molecule has 3 aromatic rings. The maximum atomic E-state index is 12.6. The first-order valence-corrected chi connectivity index (χ1v) is 14.4. The number of nitrogens with zero attached hydrogens (tertiary/aromatic N) is 1. The highest BCUT2D eigenvalue weighted by Gasteiger charge is 2.11. The summed E-state index contributed by atoms with van der Waals surface area (Å²) in [5, 5.41) is 0.327. The van der Waals surface area contributed by atoms with E-state index in [-0.39, 0.29) is 5.75 Å². The van der Waals surface area contributed by atoms with Gasteiger partial charge in [0.2, 0.25) is 0 Å². The SMILES string of the molecule is C=CC(=O)OCCCCOc1ccc(C=Nc2ccc(OC(=O)c3ccc(OCCCCOC(=O)C=C)cc3)cc2Cl)cc1. The van der Waals surface area contributed by atoms with Crippen molar-refractivity contribution < 1.29 is 38.1 Å². The number of benzene rings is 3. The Bertz CT molecular complexity index is 1430. The average molecular weight is 620 g/mol. The van der Waals surface area contributed by atoms with Gasteiger partial charge in [-0.05, 0) is 91.9 Å². The fraction of sp³-hybridized carbons (Fsp3) is 0.235. The van der Waals surface area contributed by atoms with Crippen molar-refractivity contribution in [3.63, 3.8) is 0 Å². The molecule has 0 bridgehead atoms. The van der Waals surface area contributed by atoms with E-state index in [1.165, 1.54) is 6.07 Å². The van der Waals surface area contributed by atoms with E-state index in [1.54, 1.807) is 42.6 Å². The topological polar surface area (TPSA) is 110 Å². The van der Waals surface area contributed by atoms with Gasteiger partial charge >= 0.3 is 17.9 Å². The number of aliphatic imine (C=N–C) groups is 1. The molecule has 0 atom stereocenters. The normalized spacial score (nSPS) is 10.6. The summed E-state index contributed by atoms with van der Waals surface area (Å²) in [5.41, 5.74) is 1.72. The van der Waals surface area contributed by atoms with Gasteiger partial charge in [0.25, 0.3) is 0 Å². The molecule has 230 valence electrons. The molecule has 0 amide bonds. The number of ether oxygens (including phenoxy) is 5. The Kier molecular flexibility index (Phi) is 14.2. The monoisotopic (exact) mass is 619 g/mol. The van der Waals surface area contributed by atoms with Crippen molar-refractivity contribution in [2.75, 3.05) is 26.4 Å². The lowest BCUT2D eigenvalue weighted by atomic mass is 10.2. The minimum atomic E-state index is -0.536. The number of halogens is 1. The van der Waals surface area contributed by atoms with E-state index in [1.807, 2.05) is 24.3 Å². The van der Waals surface area contributed by atoms with Gasteiger partial charge in [-0.2, -0.15) is 0 Å². The van der Waals surface area contributed by atoms with Crippen LogP contribution in [0, 0.1) is 0 Å². The van der Waals surface area contributed by atoms with Gasteiger partial charge in [-0.3, -0.25) is 4.99 Å². The standard InChI is InChI=1S/C34H34ClNO8/c1-3-32(37)42-21-7-5-19-40-27-13-9-25(10-14-27)24-36-31-18-17-29(23-30(31)35)44-34(39)26-11-15-28(16-12-26)41-20-6-8-22-43-33(38)4-2/h3-4,9-18,23-24H,1-2,5-8,19-22H2. The number of carbonyl (C=O) groups excluding carboxylic acids is 3. The average Bonchev–Trinajstić information content (AvgIpc) is 3.04. The van der Waals surface area contributed by atoms with Crippen LogP contribution in [0.3, 0.4) is 0 Å². The molecule has 0 spiro atoms. The molecule has 0 fully saturated rings. The maximum absolute atomic E-state index is 12.6. The van der Waals surface area contributed by atoms with Gasteiger partial charge in [0, 0.05) is 24.4 Å². The molecule has 0 aromatic heterocycles. The minimum absolute atomic E-state index is 0.289. The van der Waals surface area contributed by atoms with Crippen LogP contribution in [0.2, 0.25) is 5.02 Å². The van der Waals surface area contributed by atoms with Crippen molar-refractivity contribution in [2.45, 2.75) is 25.7 Å². The van der Waals surface area contributed by atoms with Crippen molar-refractivity contribution in [1.29, 1.82) is 0 Å². The molecule has 3 aromatic carbocycles. The molecular weight excluding hydrogens is 586 g/mol. The van der Waals surface area contributed by atoms with Gasteiger partial charge in [0.1, 0.15) is 17.2 Å². The molecule has 44 heavy (non-hydrogen) atoms. The third-order valence-corrected chi connectivity index (χ3v) is 6.19. The molecule has 0 aliphatic carbocycles. The largest absolute Gasteiger partial charge is 0.494 e. The van der Waals surface area contributed by atoms with Gasteiger partial charge in [0.05, 0.1) is 42.7 Å². The molecule has 0 N–H and O–H groups in total. The Balaban J connectivity index is 1.41. The zero-order valence-corrected chi connectivity index (χ0v) is 25.0. The van der Waals surface area contributed by atoms with Gasteiger partial charge in [0.15, 0.2) is 0 Å². The Labute approximate surface area is 261 Å². The van der Waals surface area contributed by atoms with Crippen LogP contribution in [-0.2, 0) is 19.1 Å². The second-order valence-electron chi connectivity index (χ2n) is 9.21. The summed E-state index contributed by atoms with van der Waals surface area (Å²) in [6, 6.07) is 18.8. The van der Waals surface area contributed by atoms with Crippen molar-refractivity contribution in [3.05, 3.63) is 108 Å². The van der Waals surface area contributed by atoms with Crippen LogP contribution < -0.4 is 14.2 Å². The van der Waals surface area contributed by atoms with Crippen LogP contribution in [-0.4, -0.2) is 50.6 Å². The van der Waals surface area contributed by atoms with Crippen molar-refractivity contribution in [3.8, 4) is 17.2 Å². The maximum Gasteiger partial charge on any atom is 0.343 e. The summed E-state index contributed by atoms with van der Waals surface area (Å²) >= 11 is 6.39. The van der Waals surface area contributed by atoms with Crippen molar-refractivity contribution in [1.82, 2.24) is 0 Å². The summed E-state index contributed by atoms with van der Waals surface area (Å²) < 4.78 is 26.7. The Morgan fingerprint density at radius 2 is 1.18 bits per heavy atom. The minimum Gasteiger partial charge on any atom is -0.494 e. The lowest BCUT2D eigenvalue weighted by Crippen LogP contribution is -2.08. The summed E-state index contributed by atoms with van der Waals surface area (Å²) in [6.45, 7) is 8.29. The predicted molar refractivity (Wildman–Crippen MR) is 168 cm³/mol. The van der Waals surface area contributed by atoms with Crippen LogP contribution in [0.25, 0.3) is 0 Å². The Morgan fingerprint density at radius 3 is 1.70 bits per heavy atom. The zero-order chi connectivity index (χ0) is 31.6. The number of hydrogen-bond donors (Lipinski definition) is 0. The predicted octanol–water partition coefficient (Wildman–Crippen LogP) is 7.09. The second-order valence-corrected chi connectivity index (χ2v) is 9.62. The van der Waals surface area contributed by atoms with E-state index in [9.17, 15) is 14.4 Å². The van der Waals surface area contributed by atoms with Crippen LogP contribution in [0.1, 0.15) is 41.6 Å². The number of rotatable bonds is 18. The van der Waals surface area contributed by atoms with Crippen LogP contribution in [0.15, 0.2) is 97.0 Å². The number of carbonyl (C=O) groups is 3. The third-order valence-electron chi connectivity index (χ3n) is 5.89. The molecule has 0 saturated carbocycles. The van der Waals surface area contributed by atoms with E-state index in [0.717, 1.165) is 29.9 Å². The molecule has 10 heteroatoms. The molecule has 0 saturated heterocycles. The van der Waals surface area contributed by atoms with E-state index in [0.29, 0.717) is 67.7 Å². The smallest absolute Gasteiger partial charge is 0.343 e. The Hall–Kier alpha value is -4.89. The lowest BCUT2D eigenvalue weighted by Gasteiger charge is -2.08. The highest BCUT2D eigenvalue weighted by Crippen LogP contribution is 2.29. The summed E-state index contributed by atoms with van der Waals surface area (Å²) in [5.74, 6) is 0.213. The summed E-state index contributed by atoms with van der Waals surface area (Å²) in [7, 11) is 0. The molecule has 3 rings (SSSR count). The fourth-order valence-corrected chi connectivity index (χ4v) is 3.77. The Morgan fingerprint density at radius 1 is 0.682 bits per heavy atom. The molecule has 9 nitrogen and oxygen atoms in total. The number of hydrogen-bond acceptors (Lipinski definition) is 9. The first kappa shape index (κ1) is 33.6. The van der Waals surface area contributed by atoms with Gasteiger partial charge in [-0.1, -0.05) is 24.8 Å². The molecule has 0 aliphatic rings. The second kappa shape index (κ2) is 18.6. The molecule has 0 radical (unpaired) electrons. The summed E-state index contributed by atoms with van der Waals surface area (Å²) in [6.07, 6.45) is 6.76. The summed E-state index contributed by atoms with van der Waals surface area (Å²) in [4.78, 5) is 39.1. The van der Waals surface area contributed by atoms with Gasteiger partial charge in [-0.25, -0.2) is 14.4 Å². The molecular formula is C34H34ClNO8. The quantitative estimate of drug-likeness (QED) is 0.0488. The first-order chi connectivity index (χ1) is 21.4. The van der Waals surface area contributed by atoms with Gasteiger partial charge in [-0.15, -0.1) is 0 Å². The zero-order valence-electron chi connectivity index (χ0n) is 24.2. The van der Waals surface area contributed by atoms with E-state index >= 15 is 0 Å². The van der Waals surface area contributed by atoms with Crippen LogP contribution >= 0.6 is 11.6 Å². The fourth-order valence-electron chi connectivity index (χ4n) is 3.55. The number of esters is 3. The van der Waals surface area contributed by atoms with Gasteiger partial charge < -0.3 is 23.7 Å². The lowest BCUT2D eigenvalue weighted by molar-refractivity contribution is -0.138. The van der Waals surface area contributed by atoms with E-state index in [2.05, 4.69) is 18.2 Å². The molecule has 0 aliphatic heterocycles. The third kappa shape index (κ3) is 12.1. The molecule has 0 heterocycles. The van der Waals surface area contributed by atoms with Crippen molar-refractivity contribution in [2.24, 2.45) is 4.99 Å². The highest BCUT2D eigenvalue weighted by atomic mass is 35.5. The first-order valence-electron chi connectivity index (χ1n) is 14.0. The number of unbranched alkanes of at least 4 members (excludes halogenated alkanes) is 2. The van der Waals surface area contributed by atoms with Crippen LogP contribution in [0.4, 0.5) is 5.69 Å².